The van der Waals surface area contributed by atoms with E-state index in [1.54, 1.807) is 0 Å². The SMILES string of the molecule is CCC(C)C(O)CC(O)CC(=O)O. The molecule has 0 aliphatic carbocycles. The lowest BCUT2D eigenvalue weighted by atomic mass is 9.96. The van der Waals surface area contributed by atoms with Crippen LogP contribution in [0.5, 0.6) is 0 Å². The Bertz CT molecular complexity index is 158. The summed E-state index contributed by atoms with van der Waals surface area (Å²) in [5.41, 5.74) is 0. The Morgan fingerprint density at radius 3 is 2.31 bits per heavy atom. The van der Waals surface area contributed by atoms with E-state index in [1.165, 1.54) is 0 Å². The van der Waals surface area contributed by atoms with E-state index < -0.39 is 18.2 Å². The minimum Gasteiger partial charge on any atom is -0.481 e. The third-order valence-corrected chi connectivity index (χ3v) is 2.22. The molecule has 0 saturated heterocycles. The third-order valence-electron chi connectivity index (χ3n) is 2.22. The molecule has 3 unspecified atom stereocenters. The number of aliphatic carboxylic acids is 1. The van der Waals surface area contributed by atoms with E-state index in [1.807, 2.05) is 13.8 Å². The van der Waals surface area contributed by atoms with Crippen molar-refractivity contribution in [2.24, 2.45) is 5.92 Å². The van der Waals surface area contributed by atoms with Crippen LogP contribution in [-0.4, -0.2) is 33.5 Å². The minimum atomic E-state index is -1.04. The second kappa shape index (κ2) is 5.94. The highest BCUT2D eigenvalue weighted by molar-refractivity contribution is 5.67. The van der Waals surface area contributed by atoms with Crippen molar-refractivity contribution >= 4 is 5.97 Å². The van der Waals surface area contributed by atoms with Gasteiger partial charge in [0, 0.05) is 6.42 Å². The summed E-state index contributed by atoms with van der Waals surface area (Å²) in [4.78, 5) is 10.2. The molecule has 0 bridgehead atoms. The van der Waals surface area contributed by atoms with Gasteiger partial charge in [-0.3, -0.25) is 4.79 Å². The molecule has 0 rings (SSSR count). The lowest BCUT2D eigenvalue weighted by molar-refractivity contribution is -0.139. The molecule has 0 amide bonds. The van der Waals surface area contributed by atoms with Crippen molar-refractivity contribution in [1.29, 1.82) is 0 Å². The third kappa shape index (κ3) is 5.60. The van der Waals surface area contributed by atoms with E-state index in [0.717, 1.165) is 6.42 Å². The number of hydrogen-bond donors (Lipinski definition) is 3. The molecular formula is C9H18O4. The van der Waals surface area contributed by atoms with Crippen LogP contribution >= 0.6 is 0 Å². The van der Waals surface area contributed by atoms with Crippen LogP contribution in [0.15, 0.2) is 0 Å². The molecule has 4 heteroatoms. The molecule has 0 aliphatic rings. The van der Waals surface area contributed by atoms with E-state index in [0.29, 0.717) is 0 Å². The number of carboxylic acids is 1. The predicted octanol–water partition coefficient (Wildman–Crippen LogP) is 0.619. The number of rotatable bonds is 6. The highest BCUT2D eigenvalue weighted by Crippen LogP contribution is 2.13. The molecule has 3 atom stereocenters. The second-order valence-electron chi connectivity index (χ2n) is 3.44. The first kappa shape index (κ1) is 12.4. The molecular weight excluding hydrogens is 172 g/mol. The maximum absolute atomic E-state index is 10.2. The average Bonchev–Trinajstić information content (AvgIpc) is 2.01. The first-order valence-electron chi connectivity index (χ1n) is 4.55. The van der Waals surface area contributed by atoms with Crippen LogP contribution < -0.4 is 0 Å². The summed E-state index contributed by atoms with van der Waals surface area (Å²) in [6.07, 6.45) is -0.892. The van der Waals surface area contributed by atoms with Gasteiger partial charge in [-0.05, 0) is 5.92 Å². The van der Waals surface area contributed by atoms with Crippen LogP contribution in [0, 0.1) is 5.92 Å². The fourth-order valence-corrected chi connectivity index (χ4v) is 1.07. The number of hydrogen-bond acceptors (Lipinski definition) is 3. The lowest BCUT2D eigenvalue weighted by Crippen LogP contribution is -2.25. The molecule has 13 heavy (non-hydrogen) atoms. The average molecular weight is 190 g/mol. The number of aliphatic hydroxyl groups is 2. The van der Waals surface area contributed by atoms with Crippen LogP contribution in [0.4, 0.5) is 0 Å². The monoisotopic (exact) mass is 190 g/mol. The van der Waals surface area contributed by atoms with E-state index in [-0.39, 0.29) is 18.8 Å². The lowest BCUT2D eigenvalue weighted by Gasteiger charge is -2.19. The van der Waals surface area contributed by atoms with Gasteiger partial charge >= 0.3 is 5.97 Å². The Morgan fingerprint density at radius 1 is 1.38 bits per heavy atom. The Balaban J connectivity index is 3.76. The standard InChI is InChI=1S/C9H18O4/c1-3-6(2)8(11)4-7(10)5-9(12)13/h6-8,10-11H,3-5H2,1-2H3,(H,12,13). The molecule has 0 spiro atoms. The summed E-state index contributed by atoms with van der Waals surface area (Å²) in [6, 6.07) is 0. The molecule has 0 saturated carbocycles. The van der Waals surface area contributed by atoms with Crippen molar-refractivity contribution in [2.45, 2.75) is 45.3 Å². The van der Waals surface area contributed by atoms with Gasteiger partial charge in [-0.15, -0.1) is 0 Å². The molecule has 3 N–H and O–H groups in total. The van der Waals surface area contributed by atoms with Crippen LogP contribution in [0.25, 0.3) is 0 Å². The van der Waals surface area contributed by atoms with Crippen molar-refractivity contribution in [3.63, 3.8) is 0 Å². The molecule has 4 nitrogen and oxygen atoms in total. The fraction of sp³-hybridized carbons (Fsp3) is 0.889. The smallest absolute Gasteiger partial charge is 0.305 e. The summed E-state index contributed by atoms with van der Waals surface area (Å²) < 4.78 is 0. The van der Waals surface area contributed by atoms with Gasteiger partial charge in [0.1, 0.15) is 0 Å². The van der Waals surface area contributed by atoms with Crippen LogP contribution in [0.1, 0.15) is 33.1 Å². The van der Waals surface area contributed by atoms with E-state index in [2.05, 4.69) is 0 Å². The molecule has 0 aromatic rings. The maximum atomic E-state index is 10.2. The molecule has 78 valence electrons. The Kier molecular flexibility index (Phi) is 5.66. The molecule has 0 fully saturated rings. The van der Waals surface area contributed by atoms with Gasteiger partial charge in [-0.2, -0.15) is 0 Å². The van der Waals surface area contributed by atoms with Gasteiger partial charge in [-0.25, -0.2) is 0 Å². The van der Waals surface area contributed by atoms with Crippen LogP contribution in [0.3, 0.4) is 0 Å². The normalized spacial score (nSPS) is 17.8. The highest BCUT2D eigenvalue weighted by atomic mass is 16.4. The summed E-state index contributed by atoms with van der Waals surface area (Å²) in [7, 11) is 0. The predicted molar refractivity (Wildman–Crippen MR) is 48.3 cm³/mol. The first-order valence-corrected chi connectivity index (χ1v) is 4.55. The van der Waals surface area contributed by atoms with Gasteiger partial charge in [0.2, 0.25) is 0 Å². The van der Waals surface area contributed by atoms with Gasteiger partial charge in [0.05, 0.1) is 18.6 Å². The summed E-state index contributed by atoms with van der Waals surface area (Å²) in [5.74, 6) is -0.938. The van der Waals surface area contributed by atoms with Gasteiger partial charge in [-0.1, -0.05) is 20.3 Å². The summed E-state index contributed by atoms with van der Waals surface area (Å²) in [5, 5.41) is 27.0. The Morgan fingerprint density at radius 2 is 1.92 bits per heavy atom. The van der Waals surface area contributed by atoms with Gasteiger partial charge in [0.15, 0.2) is 0 Å². The van der Waals surface area contributed by atoms with E-state index >= 15 is 0 Å². The largest absolute Gasteiger partial charge is 0.481 e. The number of aliphatic hydroxyl groups excluding tert-OH is 2. The van der Waals surface area contributed by atoms with Crippen molar-refractivity contribution in [1.82, 2.24) is 0 Å². The van der Waals surface area contributed by atoms with Crippen molar-refractivity contribution in [3.05, 3.63) is 0 Å². The first-order chi connectivity index (χ1) is 5.97. The Hall–Kier alpha value is -0.610. The molecule has 0 aliphatic heterocycles. The molecule has 0 heterocycles. The van der Waals surface area contributed by atoms with Crippen molar-refractivity contribution in [3.8, 4) is 0 Å². The van der Waals surface area contributed by atoms with Crippen molar-refractivity contribution in [2.75, 3.05) is 0 Å². The topological polar surface area (TPSA) is 77.8 Å². The van der Waals surface area contributed by atoms with E-state index in [9.17, 15) is 15.0 Å². The quantitative estimate of drug-likeness (QED) is 0.573. The van der Waals surface area contributed by atoms with Crippen LogP contribution in [-0.2, 0) is 4.79 Å². The molecule has 0 aromatic heterocycles. The van der Waals surface area contributed by atoms with E-state index in [4.69, 9.17) is 5.11 Å². The van der Waals surface area contributed by atoms with Crippen LogP contribution in [0.2, 0.25) is 0 Å². The van der Waals surface area contributed by atoms with Crippen molar-refractivity contribution < 1.29 is 20.1 Å². The minimum absolute atomic E-state index is 0.100. The maximum Gasteiger partial charge on any atom is 0.305 e. The van der Waals surface area contributed by atoms with Gasteiger partial charge < -0.3 is 15.3 Å². The van der Waals surface area contributed by atoms with Gasteiger partial charge in [0.25, 0.3) is 0 Å². The summed E-state index contributed by atoms with van der Waals surface area (Å²) in [6.45, 7) is 3.82. The molecule has 0 aromatic carbocycles. The zero-order valence-electron chi connectivity index (χ0n) is 8.10. The second-order valence-corrected chi connectivity index (χ2v) is 3.44. The number of carboxylic acid groups (broad SMARTS) is 1. The highest BCUT2D eigenvalue weighted by Gasteiger charge is 2.18. The zero-order valence-corrected chi connectivity index (χ0v) is 8.10. The fourth-order valence-electron chi connectivity index (χ4n) is 1.07. The zero-order chi connectivity index (χ0) is 10.4. The Labute approximate surface area is 78.2 Å². The molecule has 0 radical (unpaired) electrons. The number of carbonyl (C=O) groups is 1. The summed E-state index contributed by atoms with van der Waals surface area (Å²) >= 11 is 0.